The van der Waals surface area contributed by atoms with Gasteiger partial charge in [-0.2, -0.15) is 4.89 Å². The Morgan fingerprint density at radius 3 is 2.25 bits per heavy atom. The molecule has 16 heavy (non-hydrogen) atoms. The molecule has 0 aromatic rings. The predicted molar refractivity (Wildman–Crippen MR) is 51.0 cm³/mol. The van der Waals surface area contributed by atoms with Gasteiger partial charge in [0.15, 0.2) is 0 Å². The lowest BCUT2D eigenvalue weighted by molar-refractivity contribution is -0.294. The molecule has 0 spiro atoms. The highest BCUT2D eigenvalue weighted by molar-refractivity contribution is 5.66. The van der Waals surface area contributed by atoms with E-state index in [2.05, 4.69) is 14.5 Å². The number of hydrogen-bond donors (Lipinski definition) is 2. The van der Waals surface area contributed by atoms with Gasteiger partial charge in [-0.05, 0) is 0 Å². The molecule has 0 aliphatic carbocycles. The van der Waals surface area contributed by atoms with E-state index in [0.717, 1.165) is 6.92 Å². The van der Waals surface area contributed by atoms with Crippen LogP contribution >= 0.6 is 0 Å². The van der Waals surface area contributed by atoms with E-state index in [1.807, 2.05) is 0 Å². The molecule has 0 radical (unpaired) electrons. The summed E-state index contributed by atoms with van der Waals surface area (Å²) in [5.41, 5.74) is -1.57. The van der Waals surface area contributed by atoms with Crippen molar-refractivity contribution in [3.8, 4) is 0 Å². The van der Waals surface area contributed by atoms with Crippen molar-refractivity contribution in [2.24, 2.45) is 0 Å². The van der Waals surface area contributed by atoms with E-state index >= 15 is 0 Å². The Bertz CT molecular complexity index is 240. The van der Waals surface area contributed by atoms with Gasteiger partial charge in [0, 0.05) is 26.9 Å². The third-order valence-electron chi connectivity index (χ3n) is 1.63. The molecule has 1 atom stereocenters. The topological polar surface area (TPSA) is 102 Å². The first-order chi connectivity index (χ1) is 7.39. The summed E-state index contributed by atoms with van der Waals surface area (Å²) in [6, 6.07) is 0. The summed E-state index contributed by atoms with van der Waals surface area (Å²) in [6.45, 7) is 1.27. The van der Waals surface area contributed by atoms with Crippen LogP contribution in [-0.4, -0.2) is 47.6 Å². The van der Waals surface area contributed by atoms with E-state index < -0.39 is 17.5 Å². The maximum atomic E-state index is 10.6. The zero-order valence-electron chi connectivity index (χ0n) is 9.26. The first kappa shape index (κ1) is 14.8. The van der Waals surface area contributed by atoms with Gasteiger partial charge in [0.1, 0.15) is 18.8 Å². The second kappa shape index (κ2) is 7.15. The maximum Gasteiger partial charge on any atom is 0.339 e. The minimum atomic E-state index is -1.57. The molecule has 0 saturated heterocycles. The molecule has 0 aromatic carbocycles. The molecule has 0 rings (SSSR count). The number of aliphatic hydroxyl groups is 2. The lowest BCUT2D eigenvalue weighted by Gasteiger charge is -2.25. The fraction of sp³-hybridized carbons (Fsp3) is 0.778. The monoisotopic (exact) mass is 236 g/mol. The quantitative estimate of drug-likeness (QED) is 0.337. The normalized spacial score (nSPS) is 14.0. The lowest BCUT2D eigenvalue weighted by atomic mass is 10.0. The van der Waals surface area contributed by atoms with Crippen molar-refractivity contribution < 1.29 is 34.3 Å². The van der Waals surface area contributed by atoms with E-state index in [0.29, 0.717) is 0 Å². The molecule has 2 N–H and O–H groups in total. The number of hydrogen-bond acceptors (Lipinski definition) is 7. The molecule has 0 heterocycles. The molecule has 7 nitrogen and oxygen atoms in total. The average Bonchev–Trinajstić information content (AvgIpc) is 2.15. The first-order valence-corrected chi connectivity index (χ1v) is 4.66. The molecule has 0 bridgehead atoms. The van der Waals surface area contributed by atoms with Gasteiger partial charge >= 0.3 is 11.9 Å². The molecule has 0 saturated carbocycles. The summed E-state index contributed by atoms with van der Waals surface area (Å²) in [7, 11) is 0. The van der Waals surface area contributed by atoms with Crippen molar-refractivity contribution in [2.75, 3.05) is 19.8 Å². The highest BCUT2D eigenvalue weighted by Crippen LogP contribution is 2.11. The van der Waals surface area contributed by atoms with Crippen LogP contribution in [0, 0.1) is 0 Å². The van der Waals surface area contributed by atoms with Gasteiger partial charge in [0.2, 0.25) is 0 Å². The zero-order valence-corrected chi connectivity index (χ0v) is 9.26. The smallest absolute Gasteiger partial charge is 0.339 e. The molecule has 7 heteroatoms. The molecule has 1 unspecified atom stereocenters. The van der Waals surface area contributed by atoms with Gasteiger partial charge < -0.3 is 14.9 Å². The van der Waals surface area contributed by atoms with Crippen molar-refractivity contribution in [2.45, 2.75) is 25.9 Å². The second-order valence-corrected chi connectivity index (χ2v) is 3.32. The van der Waals surface area contributed by atoms with Gasteiger partial charge in [0.05, 0.1) is 0 Å². The second-order valence-electron chi connectivity index (χ2n) is 3.32. The largest absolute Gasteiger partial charge is 0.463 e. The molecule has 0 aliphatic heterocycles. The minimum Gasteiger partial charge on any atom is -0.463 e. The van der Waals surface area contributed by atoms with Crippen molar-refractivity contribution in [1.82, 2.24) is 0 Å². The fourth-order valence-corrected chi connectivity index (χ4v) is 0.852. The van der Waals surface area contributed by atoms with Gasteiger partial charge in [-0.25, -0.2) is 4.79 Å². The molecule has 0 aliphatic rings. The molecule has 0 fully saturated rings. The third-order valence-corrected chi connectivity index (χ3v) is 1.63. The van der Waals surface area contributed by atoms with Crippen LogP contribution in [0.1, 0.15) is 20.3 Å². The summed E-state index contributed by atoms with van der Waals surface area (Å²) >= 11 is 0. The molecular formula is C9H16O7. The number of rotatable bonds is 7. The lowest BCUT2D eigenvalue weighted by Crippen LogP contribution is -2.41. The molecule has 0 aromatic heterocycles. The fourth-order valence-electron chi connectivity index (χ4n) is 0.852. The van der Waals surface area contributed by atoms with Gasteiger partial charge in [-0.1, -0.05) is 0 Å². The molecule has 0 amide bonds. The van der Waals surface area contributed by atoms with Gasteiger partial charge in [-0.15, -0.1) is 0 Å². The molecule has 94 valence electrons. The van der Waals surface area contributed by atoms with Crippen LogP contribution < -0.4 is 0 Å². The van der Waals surface area contributed by atoms with Crippen molar-refractivity contribution >= 4 is 11.9 Å². The van der Waals surface area contributed by atoms with Crippen LogP contribution in [-0.2, 0) is 24.1 Å². The van der Waals surface area contributed by atoms with Crippen molar-refractivity contribution in [3.63, 3.8) is 0 Å². The Hall–Kier alpha value is -1.18. The SMILES string of the molecule is CC(=O)OCC(O)(CCO)COOC(C)=O. The number of ether oxygens (including phenoxy) is 1. The van der Waals surface area contributed by atoms with Crippen molar-refractivity contribution in [3.05, 3.63) is 0 Å². The molecular weight excluding hydrogens is 220 g/mol. The van der Waals surface area contributed by atoms with Gasteiger partial charge in [0.25, 0.3) is 0 Å². The Labute approximate surface area is 92.8 Å². The summed E-state index contributed by atoms with van der Waals surface area (Å²) in [4.78, 5) is 29.6. The van der Waals surface area contributed by atoms with Crippen LogP contribution in [0.4, 0.5) is 0 Å². The minimum absolute atomic E-state index is 0.0679. The van der Waals surface area contributed by atoms with Crippen LogP contribution in [0.2, 0.25) is 0 Å². The van der Waals surface area contributed by atoms with Crippen LogP contribution in [0.3, 0.4) is 0 Å². The van der Waals surface area contributed by atoms with E-state index in [1.54, 1.807) is 0 Å². The summed E-state index contributed by atoms with van der Waals surface area (Å²) in [6.07, 6.45) is -0.0679. The van der Waals surface area contributed by atoms with E-state index in [4.69, 9.17) is 5.11 Å². The number of carbonyl (C=O) groups is 2. The Morgan fingerprint density at radius 1 is 1.19 bits per heavy atom. The number of esters is 1. The van der Waals surface area contributed by atoms with Crippen molar-refractivity contribution in [1.29, 1.82) is 0 Å². The Kier molecular flexibility index (Phi) is 6.63. The van der Waals surface area contributed by atoms with E-state index in [-0.39, 0.29) is 26.2 Å². The third kappa shape index (κ3) is 7.16. The number of aliphatic hydroxyl groups excluding tert-OH is 1. The van der Waals surface area contributed by atoms with Crippen LogP contribution in [0.5, 0.6) is 0 Å². The predicted octanol–water partition coefficient (Wildman–Crippen LogP) is -0.842. The Morgan fingerprint density at radius 2 is 1.81 bits per heavy atom. The van der Waals surface area contributed by atoms with Crippen LogP contribution in [0.15, 0.2) is 0 Å². The van der Waals surface area contributed by atoms with E-state index in [9.17, 15) is 14.7 Å². The highest BCUT2D eigenvalue weighted by atomic mass is 17.2. The first-order valence-electron chi connectivity index (χ1n) is 4.66. The summed E-state index contributed by atoms with van der Waals surface area (Å²) in [5.74, 6) is -1.23. The van der Waals surface area contributed by atoms with Gasteiger partial charge in [-0.3, -0.25) is 9.68 Å². The standard InChI is InChI=1S/C9H16O7/c1-7(11)14-5-9(13,3-4-10)6-15-16-8(2)12/h10,13H,3-6H2,1-2H3. The zero-order chi connectivity index (χ0) is 12.6. The highest BCUT2D eigenvalue weighted by Gasteiger charge is 2.29. The van der Waals surface area contributed by atoms with Crippen LogP contribution in [0.25, 0.3) is 0 Å². The summed E-state index contributed by atoms with van der Waals surface area (Å²) < 4.78 is 4.60. The summed E-state index contributed by atoms with van der Waals surface area (Å²) in [5, 5.41) is 18.5. The average molecular weight is 236 g/mol. The maximum absolute atomic E-state index is 10.6. The van der Waals surface area contributed by atoms with E-state index in [1.165, 1.54) is 6.92 Å². The Balaban J connectivity index is 4.09. The number of carbonyl (C=O) groups excluding carboxylic acids is 2.